The lowest BCUT2D eigenvalue weighted by atomic mass is 10.1. The number of halogens is 2. The first-order chi connectivity index (χ1) is 11.8. The number of ether oxygens (including phenoxy) is 1. The van der Waals surface area contributed by atoms with Gasteiger partial charge in [-0.05, 0) is 30.3 Å². The van der Waals surface area contributed by atoms with Gasteiger partial charge in [-0.3, -0.25) is 0 Å². The molecule has 0 aliphatic rings. The van der Waals surface area contributed by atoms with Gasteiger partial charge in [-0.25, -0.2) is 13.1 Å². The van der Waals surface area contributed by atoms with Gasteiger partial charge in [-0.2, -0.15) is 5.10 Å². The third-order valence-electron chi connectivity index (χ3n) is 3.64. The van der Waals surface area contributed by atoms with E-state index in [1.165, 1.54) is 6.26 Å². The summed E-state index contributed by atoms with van der Waals surface area (Å²) in [7, 11) is -1.71. The van der Waals surface area contributed by atoms with E-state index in [-0.39, 0.29) is 4.90 Å². The Hall–Kier alpha value is -2.02. The van der Waals surface area contributed by atoms with Gasteiger partial charge in [0.15, 0.2) is 15.0 Å². The lowest BCUT2D eigenvalue weighted by molar-refractivity contribution is 0.415. The summed E-state index contributed by atoms with van der Waals surface area (Å²) in [6.45, 7) is 0. The molecule has 0 amide bonds. The number of hydrogen-bond acceptors (Lipinski definition) is 4. The second-order valence-electron chi connectivity index (χ2n) is 5.38. The summed E-state index contributed by atoms with van der Waals surface area (Å²) in [6.07, 6.45) is 1.17. The molecule has 0 saturated heterocycles. The molecule has 0 aliphatic carbocycles. The highest BCUT2D eigenvalue weighted by atomic mass is 35.5. The largest absolute Gasteiger partial charge is 0.495 e. The highest BCUT2D eigenvalue weighted by Crippen LogP contribution is 2.31. The molecule has 130 valence electrons. The highest BCUT2D eigenvalue weighted by molar-refractivity contribution is 7.90. The number of sulfone groups is 1. The van der Waals surface area contributed by atoms with Crippen molar-refractivity contribution in [2.45, 2.75) is 4.90 Å². The molecule has 1 aromatic heterocycles. The van der Waals surface area contributed by atoms with Crippen LogP contribution in [0.4, 0.5) is 0 Å². The molecule has 0 radical (unpaired) electrons. The van der Waals surface area contributed by atoms with Crippen molar-refractivity contribution >= 4 is 33.0 Å². The summed E-state index contributed by atoms with van der Waals surface area (Å²) in [5, 5.41) is 5.05. The molecule has 0 N–H and O–H groups in total. The first kappa shape index (κ1) is 17.8. The minimum absolute atomic E-state index is 0.251. The Morgan fingerprint density at radius 3 is 2.28 bits per heavy atom. The lowest BCUT2D eigenvalue weighted by Crippen LogP contribution is -2.00. The van der Waals surface area contributed by atoms with Gasteiger partial charge in [0.1, 0.15) is 5.75 Å². The SMILES string of the molecule is COc1ccc(-n2nc(Cl)cc2-c2ccc(S(C)(=O)=O)cc2)cc1Cl. The molecular weight excluding hydrogens is 383 g/mol. The molecule has 5 nitrogen and oxygen atoms in total. The molecule has 0 bridgehead atoms. The van der Waals surface area contributed by atoms with Crippen LogP contribution in [0.3, 0.4) is 0 Å². The molecular formula is C17H14Cl2N2O3S. The van der Waals surface area contributed by atoms with Gasteiger partial charge >= 0.3 is 0 Å². The molecule has 0 fully saturated rings. The number of aromatic nitrogens is 2. The van der Waals surface area contributed by atoms with Crippen LogP contribution in [0.5, 0.6) is 5.75 Å². The molecule has 2 aromatic carbocycles. The number of hydrogen-bond donors (Lipinski definition) is 0. The molecule has 0 atom stereocenters. The maximum absolute atomic E-state index is 11.6. The van der Waals surface area contributed by atoms with Gasteiger partial charge in [0.25, 0.3) is 0 Å². The second-order valence-corrected chi connectivity index (χ2v) is 8.19. The first-order valence-corrected chi connectivity index (χ1v) is 9.84. The topological polar surface area (TPSA) is 61.2 Å². The van der Waals surface area contributed by atoms with E-state index in [1.54, 1.807) is 54.3 Å². The van der Waals surface area contributed by atoms with E-state index in [4.69, 9.17) is 27.9 Å². The third kappa shape index (κ3) is 3.66. The Morgan fingerprint density at radius 1 is 1.04 bits per heavy atom. The van der Waals surface area contributed by atoms with Crippen molar-refractivity contribution in [3.8, 4) is 22.7 Å². The minimum Gasteiger partial charge on any atom is -0.495 e. The van der Waals surface area contributed by atoms with Gasteiger partial charge in [-0.1, -0.05) is 35.3 Å². The van der Waals surface area contributed by atoms with Crippen LogP contribution in [-0.2, 0) is 9.84 Å². The molecule has 0 spiro atoms. The van der Waals surface area contributed by atoms with Crippen LogP contribution in [0, 0.1) is 0 Å². The highest BCUT2D eigenvalue weighted by Gasteiger charge is 2.14. The van der Waals surface area contributed by atoms with Gasteiger partial charge < -0.3 is 4.74 Å². The summed E-state index contributed by atoms with van der Waals surface area (Å²) in [5.74, 6) is 0.558. The minimum atomic E-state index is -3.25. The molecule has 0 aliphatic heterocycles. The zero-order chi connectivity index (χ0) is 18.2. The molecule has 0 unspecified atom stereocenters. The van der Waals surface area contributed by atoms with Crippen LogP contribution < -0.4 is 4.74 Å². The zero-order valence-electron chi connectivity index (χ0n) is 13.4. The van der Waals surface area contributed by atoms with Crippen molar-refractivity contribution in [2.24, 2.45) is 0 Å². The smallest absolute Gasteiger partial charge is 0.175 e. The molecule has 3 aromatic rings. The summed E-state index contributed by atoms with van der Waals surface area (Å²) < 4.78 is 30.0. The predicted molar refractivity (Wildman–Crippen MR) is 98.7 cm³/mol. The Kier molecular flexibility index (Phi) is 4.77. The fourth-order valence-corrected chi connectivity index (χ4v) is 3.48. The van der Waals surface area contributed by atoms with Gasteiger partial charge in [-0.15, -0.1) is 0 Å². The van der Waals surface area contributed by atoms with Gasteiger partial charge in [0.2, 0.25) is 0 Å². The van der Waals surface area contributed by atoms with Crippen LogP contribution in [0.2, 0.25) is 10.2 Å². The maximum atomic E-state index is 11.6. The number of methoxy groups -OCH3 is 1. The quantitative estimate of drug-likeness (QED) is 0.660. The monoisotopic (exact) mass is 396 g/mol. The number of benzene rings is 2. The summed E-state index contributed by atoms with van der Waals surface area (Å²) in [4.78, 5) is 0.251. The van der Waals surface area contributed by atoms with E-state index in [1.807, 2.05) is 6.07 Å². The Balaban J connectivity index is 2.09. The van der Waals surface area contributed by atoms with E-state index in [9.17, 15) is 8.42 Å². The Bertz CT molecular complexity index is 1030. The normalized spacial score (nSPS) is 11.5. The first-order valence-electron chi connectivity index (χ1n) is 7.19. The van der Waals surface area contributed by atoms with Gasteiger partial charge in [0, 0.05) is 17.9 Å². The van der Waals surface area contributed by atoms with Crippen molar-refractivity contribution in [3.63, 3.8) is 0 Å². The van der Waals surface area contributed by atoms with Crippen LogP contribution in [0.25, 0.3) is 16.9 Å². The van der Waals surface area contributed by atoms with E-state index in [0.29, 0.717) is 27.3 Å². The Labute approximate surface area is 155 Å². The molecule has 0 saturated carbocycles. The average Bonchev–Trinajstić information content (AvgIpc) is 2.96. The van der Waals surface area contributed by atoms with Crippen LogP contribution >= 0.6 is 23.2 Å². The lowest BCUT2D eigenvalue weighted by Gasteiger charge is -2.10. The molecule has 8 heteroatoms. The number of nitrogens with zero attached hydrogens (tertiary/aromatic N) is 2. The summed E-state index contributed by atoms with van der Waals surface area (Å²) >= 11 is 12.3. The summed E-state index contributed by atoms with van der Waals surface area (Å²) in [5.41, 5.74) is 2.20. The van der Waals surface area contributed by atoms with Crippen molar-refractivity contribution < 1.29 is 13.2 Å². The maximum Gasteiger partial charge on any atom is 0.175 e. The average molecular weight is 397 g/mol. The third-order valence-corrected chi connectivity index (χ3v) is 5.25. The fraction of sp³-hybridized carbons (Fsp3) is 0.118. The van der Waals surface area contributed by atoms with E-state index >= 15 is 0 Å². The van der Waals surface area contributed by atoms with Crippen molar-refractivity contribution in [1.82, 2.24) is 9.78 Å². The molecule has 25 heavy (non-hydrogen) atoms. The van der Waals surface area contributed by atoms with Crippen LogP contribution in [0.15, 0.2) is 53.4 Å². The van der Waals surface area contributed by atoms with Gasteiger partial charge in [0.05, 0.1) is 28.4 Å². The van der Waals surface area contributed by atoms with Crippen molar-refractivity contribution in [1.29, 1.82) is 0 Å². The Morgan fingerprint density at radius 2 is 1.72 bits per heavy atom. The van der Waals surface area contributed by atoms with Crippen LogP contribution in [-0.4, -0.2) is 31.6 Å². The number of rotatable bonds is 4. The predicted octanol–water partition coefficient (Wildman–Crippen LogP) is 4.26. The standard InChI is InChI=1S/C17H14Cl2N2O3S/c1-24-16-8-5-12(9-14(16)18)21-15(10-17(19)20-21)11-3-6-13(7-4-11)25(2,22)23/h3-10H,1-2H3. The fourth-order valence-electron chi connectivity index (χ4n) is 2.41. The molecule has 3 rings (SSSR count). The summed E-state index contributed by atoms with van der Waals surface area (Å²) in [6, 6.07) is 13.5. The van der Waals surface area contributed by atoms with Crippen molar-refractivity contribution in [2.75, 3.05) is 13.4 Å². The van der Waals surface area contributed by atoms with E-state index in [0.717, 1.165) is 5.56 Å². The van der Waals surface area contributed by atoms with Crippen molar-refractivity contribution in [3.05, 3.63) is 58.7 Å². The zero-order valence-corrected chi connectivity index (χ0v) is 15.7. The second kappa shape index (κ2) is 6.71. The van der Waals surface area contributed by atoms with E-state index in [2.05, 4.69) is 5.10 Å². The van der Waals surface area contributed by atoms with E-state index < -0.39 is 9.84 Å². The van der Waals surface area contributed by atoms with Crippen LogP contribution in [0.1, 0.15) is 0 Å². The molecule has 1 heterocycles.